The Bertz CT molecular complexity index is 590. The second-order valence-corrected chi connectivity index (χ2v) is 5.68. The lowest BCUT2D eigenvalue weighted by Gasteiger charge is -2.11. The molecule has 2 rings (SSSR count). The van der Waals surface area contributed by atoms with E-state index in [0.717, 1.165) is 14.6 Å². The van der Waals surface area contributed by atoms with Crippen molar-refractivity contribution in [1.82, 2.24) is 0 Å². The molecule has 0 saturated heterocycles. The van der Waals surface area contributed by atoms with Crippen molar-refractivity contribution in [3.05, 3.63) is 56.7 Å². The van der Waals surface area contributed by atoms with Gasteiger partial charge in [-0.25, -0.2) is 4.39 Å². The van der Waals surface area contributed by atoms with E-state index in [0.29, 0.717) is 12.1 Å². The molecule has 0 aliphatic carbocycles. The van der Waals surface area contributed by atoms with Gasteiger partial charge in [-0.15, -0.1) is 0 Å². The number of hydrogen-bond acceptors (Lipinski definition) is 2. The molecule has 0 aromatic heterocycles. The van der Waals surface area contributed by atoms with Crippen molar-refractivity contribution in [1.29, 1.82) is 0 Å². The van der Waals surface area contributed by atoms with Crippen molar-refractivity contribution >= 4 is 37.5 Å². The van der Waals surface area contributed by atoms with Gasteiger partial charge in [0.05, 0.1) is 7.11 Å². The average molecular weight is 389 g/mol. The van der Waals surface area contributed by atoms with Crippen LogP contribution in [0.4, 0.5) is 10.1 Å². The predicted molar refractivity (Wildman–Crippen MR) is 82.1 cm³/mol. The summed E-state index contributed by atoms with van der Waals surface area (Å²) in [5.41, 5.74) is 1.46. The number of rotatable bonds is 4. The second kappa shape index (κ2) is 6.39. The van der Waals surface area contributed by atoms with E-state index in [2.05, 4.69) is 37.2 Å². The molecular formula is C14H12Br2FNO. The number of methoxy groups -OCH3 is 1. The Morgan fingerprint density at radius 2 is 2.00 bits per heavy atom. The summed E-state index contributed by atoms with van der Waals surface area (Å²) in [7, 11) is 1.46. The highest BCUT2D eigenvalue weighted by molar-refractivity contribution is 9.11. The van der Waals surface area contributed by atoms with Gasteiger partial charge in [-0.05, 0) is 40.2 Å². The van der Waals surface area contributed by atoms with E-state index in [-0.39, 0.29) is 11.6 Å². The van der Waals surface area contributed by atoms with Gasteiger partial charge in [-0.1, -0.05) is 28.1 Å². The van der Waals surface area contributed by atoms with Gasteiger partial charge < -0.3 is 10.1 Å². The number of nitrogens with one attached hydrogen (secondary N) is 1. The summed E-state index contributed by atoms with van der Waals surface area (Å²) in [6.07, 6.45) is 0. The maximum atomic E-state index is 14.0. The first-order valence-corrected chi connectivity index (χ1v) is 7.20. The van der Waals surface area contributed by atoms with E-state index in [1.54, 1.807) is 18.2 Å². The standard InChI is InChI=1S/C14H12Br2FNO/c1-19-13-4-2-3-9(14(13)17)8-18-12-7-10(15)5-6-11(12)16/h2-7,18H,8H2,1H3. The Morgan fingerprint density at radius 3 is 2.74 bits per heavy atom. The fourth-order valence-corrected chi connectivity index (χ4v) is 2.42. The summed E-state index contributed by atoms with van der Waals surface area (Å²) < 4.78 is 20.8. The Labute approximate surface area is 128 Å². The van der Waals surface area contributed by atoms with Gasteiger partial charge in [-0.2, -0.15) is 0 Å². The van der Waals surface area contributed by atoms with Gasteiger partial charge in [0.1, 0.15) is 0 Å². The van der Waals surface area contributed by atoms with Gasteiger partial charge in [-0.3, -0.25) is 0 Å². The summed E-state index contributed by atoms with van der Waals surface area (Å²) in [6.45, 7) is 0.387. The van der Waals surface area contributed by atoms with Crippen molar-refractivity contribution in [3.8, 4) is 5.75 Å². The van der Waals surface area contributed by atoms with Crippen molar-refractivity contribution in [2.24, 2.45) is 0 Å². The summed E-state index contributed by atoms with van der Waals surface area (Å²) in [5, 5.41) is 3.19. The number of hydrogen-bond donors (Lipinski definition) is 1. The zero-order chi connectivity index (χ0) is 13.8. The first kappa shape index (κ1) is 14.3. The third kappa shape index (κ3) is 3.48. The van der Waals surface area contributed by atoms with Crippen LogP contribution in [0.1, 0.15) is 5.56 Å². The highest BCUT2D eigenvalue weighted by Gasteiger charge is 2.08. The number of ether oxygens (including phenoxy) is 1. The zero-order valence-electron chi connectivity index (χ0n) is 10.2. The van der Waals surface area contributed by atoms with Crippen molar-refractivity contribution in [2.45, 2.75) is 6.54 Å². The SMILES string of the molecule is COc1cccc(CNc2cc(Br)ccc2Br)c1F. The highest BCUT2D eigenvalue weighted by atomic mass is 79.9. The summed E-state index contributed by atoms with van der Waals surface area (Å²) in [5.74, 6) is -0.0729. The van der Waals surface area contributed by atoms with Crippen LogP contribution in [0.15, 0.2) is 45.3 Å². The lowest BCUT2D eigenvalue weighted by molar-refractivity contribution is 0.384. The maximum absolute atomic E-state index is 14.0. The van der Waals surface area contributed by atoms with Crippen LogP contribution < -0.4 is 10.1 Å². The molecule has 1 N–H and O–H groups in total. The van der Waals surface area contributed by atoms with E-state index in [1.165, 1.54) is 7.11 Å². The third-order valence-corrected chi connectivity index (χ3v) is 3.85. The summed E-state index contributed by atoms with van der Waals surface area (Å²) >= 11 is 6.85. The second-order valence-electron chi connectivity index (χ2n) is 3.91. The molecule has 2 aromatic carbocycles. The topological polar surface area (TPSA) is 21.3 Å². The van der Waals surface area contributed by atoms with Crippen LogP contribution in [0, 0.1) is 5.82 Å². The molecule has 100 valence electrons. The van der Waals surface area contributed by atoms with Gasteiger partial charge in [0.2, 0.25) is 0 Å². The molecule has 5 heteroatoms. The number of benzene rings is 2. The fourth-order valence-electron chi connectivity index (χ4n) is 1.67. The van der Waals surface area contributed by atoms with Gasteiger partial charge in [0.15, 0.2) is 11.6 Å². The quantitative estimate of drug-likeness (QED) is 0.798. The Balaban J connectivity index is 2.17. The first-order valence-electron chi connectivity index (χ1n) is 5.62. The van der Waals surface area contributed by atoms with E-state index in [9.17, 15) is 4.39 Å². The molecule has 2 aromatic rings. The Kier molecular flexibility index (Phi) is 4.82. The lowest BCUT2D eigenvalue weighted by Crippen LogP contribution is -2.03. The molecule has 0 unspecified atom stereocenters. The molecule has 19 heavy (non-hydrogen) atoms. The molecule has 0 radical (unpaired) electrons. The van der Waals surface area contributed by atoms with Crippen LogP contribution in [0.25, 0.3) is 0 Å². The molecular weight excluding hydrogens is 377 g/mol. The minimum absolute atomic E-state index is 0.257. The van der Waals surface area contributed by atoms with E-state index < -0.39 is 0 Å². The molecule has 2 nitrogen and oxygen atoms in total. The minimum atomic E-state index is -0.330. The molecule has 0 spiro atoms. The molecule has 0 atom stereocenters. The number of anilines is 1. The predicted octanol–water partition coefficient (Wildman–Crippen LogP) is 4.97. The van der Waals surface area contributed by atoms with Crippen molar-refractivity contribution < 1.29 is 9.13 Å². The van der Waals surface area contributed by atoms with E-state index >= 15 is 0 Å². The highest BCUT2D eigenvalue weighted by Crippen LogP contribution is 2.27. The lowest BCUT2D eigenvalue weighted by atomic mass is 10.2. The Hall–Kier alpha value is -1.07. The van der Waals surface area contributed by atoms with Gasteiger partial charge in [0, 0.05) is 26.7 Å². The van der Waals surface area contributed by atoms with Crippen LogP contribution in [0.2, 0.25) is 0 Å². The molecule has 0 aliphatic heterocycles. The smallest absolute Gasteiger partial charge is 0.170 e. The van der Waals surface area contributed by atoms with Crippen LogP contribution in [-0.4, -0.2) is 7.11 Å². The summed E-state index contributed by atoms with van der Waals surface area (Å²) in [4.78, 5) is 0. The normalized spacial score (nSPS) is 10.3. The molecule has 0 saturated carbocycles. The molecule has 0 fully saturated rings. The first-order chi connectivity index (χ1) is 9.11. The molecule has 0 aliphatic rings. The van der Waals surface area contributed by atoms with Crippen LogP contribution in [0.5, 0.6) is 5.75 Å². The maximum Gasteiger partial charge on any atom is 0.170 e. The Morgan fingerprint density at radius 1 is 1.21 bits per heavy atom. The zero-order valence-corrected chi connectivity index (χ0v) is 13.4. The van der Waals surface area contributed by atoms with Crippen molar-refractivity contribution in [3.63, 3.8) is 0 Å². The molecule has 0 amide bonds. The van der Waals surface area contributed by atoms with E-state index in [4.69, 9.17) is 4.74 Å². The largest absolute Gasteiger partial charge is 0.494 e. The van der Waals surface area contributed by atoms with Crippen molar-refractivity contribution in [2.75, 3.05) is 12.4 Å². The van der Waals surface area contributed by atoms with Gasteiger partial charge >= 0.3 is 0 Å². The van der Waals surface area contributed by atoms with E-state index in [1.807, 2.05) is 18.2 Å². The summed E-state index contributed by atoms with van der Waals surface area (Å²) in [6, 6.07) is 10.9. The average Bonchev–Trinajstić information content (AvgIpc) is 2.41. The fraction of sp³-hybridized carbons (Fsp3) is 0.143. The van der Waals surface area contributed by atoms with Crippen LogP contribution >= 0.6 is 31.9 Å². The molecule has 0 heterocycles. The minimum Gasteiger partial charge on any atom is -0.494 e. The third-order valence-electron chi connectivity index (χ3n) is 2.66. The van der Waals surface area contributed by atoms with Crippen LogP contribution in [0.3, 0.4) is 0 Å². The van der Waals surface area contributed by atoms with Gasteiger partial charge in [0.25, 0.3) is 0 Å². The number of halogens is 3. The van der Waals surface area contributed by atoms with Crippen LogP contribution in [-0.2, 0) is 6.54 Å². The monoisotopic (exact) mass is 387 g/mol. The molecule has 0 bridgehead atoms.